The van der Waals surface area contributed by atoms with Crippen LogP contribution in [0.1, 0.15) is 41.8 Å². The van der Waals surface area contributed by atoms with Crippen molar-refractivity contribution in [3.63, 3.8) is 0 Å². The minimum atomic E-state index is 0.840. The summed E-state index contributed by atoms with van der Waals surface area (Å²) < 4.78 is 0. The Morgan fingerprint density at radius 2 is 1.73 bits per heavy atom. The van der Waals surface area contributed by atoms with E-state index in [-0.39, 0.29) is 0 Å². The summed E-state index contributed by atoms with van der Waals surface area (Å²) in [5.41, 5.74) is 0. The number of anilines is 1. The van der Waals surface area contributed by atoms with Gasteiger partial charge in [-0.3, -0.25) is 4.79 Å². The lowest BCUT2D eigenvalue weighted by Gasteiger charge is -2.25. The Labute approximate surface area is 94.9 Å². The summed E-state index contributed by atoms with van der Waals surface area (Å²) in [5.74, 6) is 0. The predicted octanol–water partition coefficient (Wildman–Crippen LogP) is 3.33. The van der Waals surface area contributed by atoms with Crippen LogP contribution < -0.4 is 4.90 Å². The Hall–Kier alpha value is -0.830. The van der Waals surface area contributed by atoms with Crippen molar-refractivity contribution >= 4 is 22.6 Å². The van der Waals surface area contributed by atoms with Crippen molar-refractivity contribution in [3.05, 3.63) is 17.0 Å². The quantitative estimate of drug-likeness (QED) is 0.717. The molecule has 2 nitrogen and oxygen atoms in total. The Morgan fingerprint density at radius 3 is 2.33 bits per heavy atom. The molecule has 1 aliphatic rings. The van der Waals surface area contributed by atoms with Crippen LogP contribution in [0.25, 0.3) is 0 Å². The van der Waals surface area contributed by atoms with Crippen LogP contribution in [0.5, 0.6) is 0 Å². The van der Waals surface area contributed by atoms with Gasteiger partial charge in [-0.05, 0) is 25.0 Å². The maximum Gasteiger partial charge on any atom is 0.160 e. The van der Waals surface area contributed by atoms with E-state index in [1.54, 1.807) is 11.3 Å². The van der Waals surface area contributed by atoms with Crippen LogP contribution in [-0.4, -0.2) is 19.4 Å². The highest BCUT2D eigenvalue weighted by molar-refractivity contribution is 7.17. The van der Waals surface area contributed by atoms with E-state index >= 15 is 0 Å². The molecule has 1 saturated heterocycles. The zero-order valence-electron chi connectivity index (χ0n) is 8.95. The molecule has 15 heavy (non-hydrogen) atoms. The van der Waals surface area contributed by atoms with Gasteiger partial charge >= 0.3 is 0 Å². The minimum Gasteiger partial charge on any atom is -0.363 e. The van der Waals surface area contributed by atoms with E-state index < -0.39 is 0 Å². The molecule has 0 radical (unpaired) electrons. The molecule has 82 valence electrons. The average Bonchev–Trinajstić information content (AvgIpc) is 2.65. The summed E-state index contributed by atoms with van der Waals surface area (Å²) in [5, 5.41) is 1.26. The molecule has 3 heteroatoms. The van der Waals surface area contributed by atoms with Gasteiger partial charge in [0.1, 0.15) is 0 Å². The third-order valence-electron chi connectivity index (χ3n) is 2.90. The normalized spacial score (nSPS) is 18.3. The summed E-state index contributed by atoms with van der Waals surface area (Å²) >= 11 is 1.61. The summed E-state index contributed by atoms with van der Waals surface area (Å²) in [6.07, 6.45) is 7.60. The fourth-order valence-electron chi connectivity index (χ4n) is 2.04. The molecule has 1 aromatic heterocycles. The monoisotopic (exact) mass is 223 g/mol. The Morgan fingerprint density at radius 1 is 1.07 bits per heavy atom. The van der Waals surface area contributed by atoms with Gasteiger partial charge in [-0.2, -0.15) is 0 Å². The fraction of sp³-hybridized carbons (Fsp3) is 0.583. The summed E-state index contributed by atoms with van der Waals surface area (Å²) in [7, 11) is 0. The maximum atomic E-state index is 10.6. The first-order valence-electron chi connectivity index (χ1n) is 5.70. The third-order valence-corrected chi connectivity index (χ3v) is 3.97. The van der Waals surface area contributed by atoms with E-state index in [9.17, 15) is 4.79 Å². The van der Waals surface area contributed by atoms with Gasteiger partial charge in [-0.25, -0.2) is 0 Å². The van der Waals surface area contributed by atoms with E-state index in [1.165, 1.54) is 37.1 Å². The molecule has 1 fully saturated rings. The molecule has 2 rings (SSSR count). The summed E-state index contributed by atoms with van der Waals surface area (Å²) in [4.78, 5) is 13.9. The van der Waals surface area contributed by atoms with Gasteiger partial charge in [0.05, 0.1) is 9.88 Å². The van der Waals surface area contributed by atoms with E-state index in [1.807, 2.05) is 6.07 Å². The van der Waals surface area contributed by atoms with Crippen molar-refractivity contribution in [2.45, 2.75) is 32.1 Å². The maximum absolute atomic E-state index is 10.6. The lowest BCUT2D eigenvalue weighted by Crippen LogP contribution is -2.25. The second kappa shape index (κ2) is 5.31. The lowest BCUT2D eigenvalue weighted by molar-refractivity contribution is 0.112. The van der Waals surface area contributed by atoms with Gasteiger partial charge in [-0.1, -0.05) is 19.3 Å². The number of carbonyl (C=O) groups is 1. The van der Waals surface area contributed by atoms with Crippen molar-refractivity contribution in [2.75, 3.05) is 18.0 Å². The molecule has 0 amide bonds. The molecule has 0 atom stereocenters. The molecule has 1 aromatic rings. The number of aldehydes is 1. The Kier molecular flexibility index (Phi) is 3.78. The van der Waals surface area contributed by atoms with Gasteiger partial charge in [0.15, 0.2) is 6.29 Å². The summed E-state index contributed by atoms with van der Waals surface area (Å²) in [6.45, 7) is 2.30. The first kappa shape index (κ1) is 10.7. The highest BCUT2D eigenvalue weighted by Crippen LogP contribution is 2.26. The molecule has 0 aliphatic carbocycles. The van der Waals surface area contributed by atoms with Crippen molar-refractivity contribution < 1.29 is 4.79 Å². The molecule has 0 bridgehead atoms. The van der Waals surface area contributed by atoms with Crippen LogP contribution >= 0.6 is 11.3 Å². The van der Waals surface area contributed by atoms with Crippen LogP contribution in [0.2, 0.25) is 0 Å². The van der Waals surface area contributed by atoms with Gasteiger partial charge in [-0.15, -0.1) is 11.3 Å². The number of rotatable bonds is 2. The molecular formula is C12H17NOS. The molecule has 1 aliphatic heterocycles. The van der Waals surface area contributed by atoms with Crippen LogP contribution in [0.4, 0.5) is 5.00 Å². The average molecular weight is 223 g/mol. The largest absolute Gasteiger partial charge is 0.363 e. The zero-order valence-corrected chi connectivity index (χ0v) is 9.76. The van der Waals surface area contributed by atoms with Crippen LogP contribution in [0.15, 0.2) is 12.1 Å². The first-order chi connectivity index (χ1) is 7.40. The first-order valence-corrected chi connectivity index (χ1v) is 6.52. The second-order valence-electron chi connectivity index (χ2n) is 4.05. The highest BCUT2D eigenvalue weighted by Gasteiger charge is 2.10. The minimum absolute atomic E-state index is 0.840. The van der Waals surface area contributed by atoms with Crippen LogP contribution in [-0.2, 0) is 0 Å². The van der Waals surface area contributed by atoms with E-state index in [0.717, 1.165) is 24.3 Å². The molecule has 0 spiro atoms. The SMILES string of the molecule is O=Cc1ccc(N2CCCCCCC2)s1. The number of hydrogen-bond acceptors (Lipinski definition) is 3. The van der Waals surface area contributed by atoms with Crippen molar-refractivity contribution in [1.82, 2.24) is 0 Å². The molecular weight excluding hydrogens is 206 g/mol. The van der Waals surface area contributed by atoms with Crippen molar-refractivity contribution in [2.24, 2.45) is 0 Å². The fourth-order valence-corrected chi connectivity index (χ4v) is 2.92. The predicted molar refractivity (Wildman–Crippen MR) is 65.0 cm³/mol. The van der Waals surface area contributed by atoms with E-state index in [2.05, 4.69) is 11.0 Å². The topological polar surface area (TPSA) is 20.3 Å². The number of thiophene rings is 1. The van der Waals surface area contributed by atoms with E-state index in [4.69, 9.17) is 0 Å². The highest BCUT2D eigenvalue weighted by atomic mass is 32.1. The zero-order chi connectivity index (χ0) is 10.5. The molecule has 2 heterocycles. The smallest absolute Gasteiger partial charge is 0.160 e. The van der Waals surface area contributed by atoms with E-state index in [0.29, 0.717) is 0 Å². The molecule has 0 unspecified atom stereocenters. The van der Waals surface area contributed by atoms with Crippen molar-refractivity contribution in [3.8, 4) is 0 Å². The van der Waals surface area contributed by atoms with Gasteiger partial charge in [0, 0.05) is 13.1 Å². The lowest BCUT2D eigenvalue weighted by atomic mass is 10.1. The van der Waals surface area contributed by atoms with Crippen LogP contribution in [0, 0.1) is 0 Å². The van der Waals surface area contributed by atoms with Crippen molar-refractivity contribution in [1.29, 1.82) is 0 Å². The van der Waals surface area contributed by atoms with Gasteiger partial charge in [0.2, 0.25) is 0 Å². The van der Waals surface area contributed by atoms with Gasteiger partial charge in [0.25, 0.3) is 0 Å². The molecule has 0 N–H and O–H groups in total. The molecule has 0 aromatic carbocycles. The Balaban J connectivity index is 2.03. The number of hydrogen-bond donors (Lipinski definition) is 0. The number of nitrogens with zero attached hydrogens (tertiary/aromatic N) is 1. The second-order valence-corrected chi connectivity index (χ2v) is 5.14. The van der Waals surface area contributed by atoms with Gasteiger partial charge < -0.3 is 4.90 Å². The molecule has 0 saturated carbocycles. The standard InChI is InChI=1S/C12H17NOS/c14-10-11-6-7-12(15-11)13-8-4-2-1-3-5-9-13/h6-7,10H,1-5,8-9H2. The summed E-state index contributed by atoms with van der Waals surface area (Å²) in [6, 6.07) is 4.00. The number of carbonyl (C=O) groups excluding carboxylic acids is 1. The third kappa shape index (κ3) is 2.81. The van der Waals surface area contributed by atoms with Crippen LogP contribution in [0.3, 0.4) is 0 Å². The Bertz CT molecular complexity index is 313.